The van der Waals surface area contributed by atoms with E-state index in [0.29, 0.717) is 0 Å². The Hall–Kier alpha value is -6.40. The van der Waals surface area contributed by atoms with Crippen LogP contribution in [0.25, 0.3) is 0 Å². The van der Waals surface area contributed by atoms with Gasteiger partial charge in [0.1, 0.15) is 11.6 Å². The summed E-state index contributed by atoms with van der Waals surface area (Å²) in [4.78, 5) is 14.0. The Bertz CT molecular complexity index is 2360. The molecule has 332 valence electrons. The number of rotatable bonds is 4. The quantitative estimate of drug-likeness (QED) is 0.202. The van der Waals surface area contributed by atoms with E-state index < -0.39 is 0 Å². The summed E-state index contributed by atoms with van der Waals surface area (Å²) in [6.45, 7) is 35.1. The lowest BCUT2D eigenvalue weighted by Gasteiger charge is -2.33. The maximum atomic E-state index is 2.37. The lowest BCUT2D eigenvalue weighted by Crippen LogP contribution is -2.27. The summed E-state index contributed by atoms with van der Waals surface area (Å²) < 4.78 is 0. The standard InChI is InChI=1S/2C29H35N3/c2*1-18-12-20(3)27(21(4)13-18)31-10-11-32(28-22(5)14-19(2)15-23(28)6)29(31)26-16-24(7)30(9)25(8)17-26/h2*10-17H,1-9H3. The first-order valence-corrected chi connectivity index (χ1v) is 22.7. The Morgan fingerprint density at radius 2 is 0.438 bits per heavy atom. The molecule has 0 spiro atoms. The summed E-state index contributed by atoms with van der Waals surface area (Å²) in [5.41, 5.74) is 28.0. The van der Waals surface area contributed by atoms with E-state index in [-0.39, 0.29) is 0 Å². The van der Waals surface area contributed by atoms with Gasteiger partial charge in [-0.3, -0.25) is 0 Å². The van der Waals surface area contributed by atoms with Gasteiger partial charge < -0.3 is 29.4 Å². The molecule has 0 atom stereocenters. The smallest absolute Gasteiger partial charge is 0.129 e. The minimum absolute atomic E-state index is 1.18. The Morgan fingerprint density at radius 1 is 0.266 bits per heavy atom. The minimum atomic E-state index is 1.18. The fourth-order valence-electron chi connectivity index (χ4n) is 10.5. The molecule has 4 aliphatic rings. The Kier molecular flexibility index (Phi) is 12.6. The predicted octanol–water partition coefficient (Wildman–Crippen LogP) is 14.6. The number of hydrogen-bond donors (Lipinski definition) is 0. The van der Waals surface area contributed by atoms with Crippen molar-refractivity contribution in [2.45, 2.75) is 111 Å². The minimum Gasteiger partial charge on any atom is -0.352 e. The van der Waals surface area contributed by atoms with Crippen LogP contribution in [0.4, 0.5) is 22.7 Å². The number of nitrogens with zero attached hydrogens (tertiary/aromatic N) is 6. The van der Waals surface area contributed by atoms with Crippen molar-refractivity contribution in [3.05, 3.63) is 210 Å². The van der Waals surface area contributed by atoms with Gasteiger partial charge >= 0.3 is 0 Å². The van der Waals surface area contributed by atoms with Gasteiger partial charge in [-0.05, 0) is 180 Å². The first kappa shape index (κ1) is 45.6. The van der Waals surface area contributed by atoms with Gasteiger partial charge in [-0.25, -0.2) is 0 Å². The molecule has 0 aliphatic carbocycles. The van der Waals surface area contributed by atoms with Crippen molar-refractivity contribution in [3.8, 4) is 0 Å². The SMILES string of the molecule is CC1=CC(=C2N(c3c(C)cc(C)cc3C)C=CN2c2c(C)cc(C)cc2C)C=C(C)N1C.CC1=CC(=C2N(c3c(C)cc(C)cc3C)C=CN2c2c(C)cc(C)cc2C)C=C(C)N1C. The van der Waals surface area contributed by atoms with Crippen LogP contribution in [-0.4, -0.2) is 23.9 Å². The van der Waals surface area contributed by atoms with Gasteiger partial charge in [-0.1, -0.05) is 70.8 Å². The Morgan fingerprint density at radius 3 is 0.609 bits per heavy atom. The van der Waals surface area contributed by atoms with Gasteiger partial charge in [0.25, 0.3) is 0 Å². The maximum Gasteiger partial charge on any atom is 0.129 e. The van der Waals surface area contributed by atoms with E-state index in [0.717, 1.165) is 0 Å². The van der Waals surface area contributed by atoms with E-state index in [1.807, 2.05) is 0 Å². The summed E-state index contributed by atoms with van der Waals surface area (Å²) in [5.74, 6) is 2.36. The van der Waals surface area contributed by atoms with E-state index >= 15 is 0 Å². The van der Waals surface area contributed by atoms with Crippen LogP contribution in [0.3, 0.4) is 0 Å². The molecule has 0 amide bonds. The van der Waals surface area contributed by atoms with Crippen molar-refractivity contribution < 1.29 is 0 Å². The second-order valence-corrected chi connectivity index (χ2v) is 18.9. The molecule has 64 heavy (non-hydrogen) atoms. The summed E-state index contributed by atoms with van der Waals surface area (Å²) in [5, 5.41) is 0. The van der Waals surface area contributed by atoms with Crippen molar-refractivity contribution in [3.63, 3.8) is 0 Å². The van der Waals surface area contributed by atoms with Crippen molar-refractivity contribution in [1.29, 1.82) is 0 Å². The average molecular weight is 851 g/mol. The molecule has 4 heterocycles. The van der Waals surface area contributed by atoms with Crippen LogP contribution in [0.1, 0.15) is 94.5 Å². The summed E-state index contributed by atoms with van der Waals surface area (Å²) >= 11 is 0. The molecule has 0 bridgehead atoms. The molecule has 0 unspecified atom stereocenters. The van der Waals surface area contributed by atoms with Crippen LogP contribution >= 0.6 is 0 Å². The molecule has 8 rings (SSSR count). The summed E-state index contributed by atoms with van der Waals surface area (Å²) in [7, 11) is 4.26. The van der Waals surface area contributed by atoms with Crippen LogP contribution in [-0.2, 0) is 0 Å². The second-order valence-electron chi connectivity index (χ2n) is 18.9. The molecule has 0 saturated carbocycles. The first-order chi connectivity index (χ1) is 30.2. The van der Waals surface area contributed by atoms with Crippen LogP contribution in [0, 0.1) is 83.1 Å². The summed E-state index contributed by atoms with van der Waals surface area (Å²) in [6.07, 6.45) is 18.1. The molecule has 4 aromatic carbocycles. The molecule has 0 N–H and O–H groups in total. The van der Waals surface area contributed by atoms with E-state index in [4.69, 9.17) is 0 Å². The molecule has 4 aliphatic heterocycles. The zero-order valence-corrected chi connectivity index (χ0v) is 41.9. The van der Waals surface area contributed by atoms with E-state index in [2.05, 4.69) is 252 Å². The fourth-order valence-corrected chi connectivity index (χ4v) is 10.5. The topological polar surface area (TPSA) is 19.4 Å². The number of hydrogen-bond acceptors (Lipinski definition) is 6. The van der Waals surface area contributed by atoms with E-state index in [9.17, 15) is 0 Å². The molecular weight excluding hydrogens is 781 g/mol. The van der Waals surface area contributed by atoms with E-state index in [1.165, 1.54) is 135 Å². The normalized spacial score (nSPS) is 16.2. The first-order valence-electron chi connectivity index (χ1n) is 22.7. The maximum absolute atomic E-state index is 2.37. The monoisotopic (exact) mass is 851 g/mol. The van der Waals surface area contributed by atoms with Gasteiger partial charge in [0.05, 0.1) is 22.7 Å². The third-order valence-electron chi connectivity index (χ3n) is 13.2. The Labute approximate surface area is 385 Å². The lowest BCUT2D eigenvalue weighted by atomic mass is 10.0. The second kappa shape index (κ2) is 17.6. The highest BCUT2D eigenvalue weighted by Gasteiger charge is 2.32. The average Bonchev–Trinajstić information content (AvgIpc) is 3.79. The van der Waals surface area contributed by atoms with Crippen LogP contribution in [0.15, 0.2) is 143 Å². The molecule has 6 nitrogen and oxygen atoms in total. The van der Waals surface area contributed by atoms with Gasteiger partial charge in [-0.2, -0.15) is 0 Å². The highest BCUT2D eigenvalue weighted by molar-refractivity contribution is 5.80. The summed E-state index contributed by atoms with van der Waals surface area (Å²) in [6, 6.07) is 18.2. The Balaban J connectivity index is 0.000000191. The molecule has 0 aromatic heterocycles. The fraction of sp³-hybridized carbons (Fsp3) is 0.310. The molecule has 4 aromatic rings. The molecule has 0 radical (unpaired) electrons. The van der Waals surface area contributed by atoms with Crippen molar-refractivity contribution in [2.24, 2.45) is 0 Å². The van der Waals surface area contributed by atoms with Crippen molar-refractivity contribution in [1.82, 2.24) is 9.80 Å². The van der Waals surface area contributed by atoms with Crippen LogP contribution < -0.4 is 19.6 Å². The predicted molar refractivity (Wildman–Crippen MR) is 275 cm³/mol. The highest BCUT2D eigenvalue weighted by atomic mass is 15.4. The zero-order chi connectivity index (χ0) is 46.6. The number of anilines is 4. The number of aryl methyl sites for hydroxylation is 12. The van der Waals surface area contributed by atoms with Gasteiger partial charge in [0, 0.05) is 72.8 Å². The third-order valence-corrected chi connectivity index (χ3v) is 13.2. The molecule has 0 fully saturated rings. The van der Waals surface area contributed by atoms with Crippen LogP contribution in [0.5, 0.6) is 0 Å². The van der Waals surface area contributed by atoms with Crippen molar-refractivity contribution >= 4 is 22.7 Å². The number of benzene rings is 4. The van der Waals surface area contributed by atoms with Gasteiger partial charge in [-0.15, -0.1) is 0 Å². The lowest BCUT2D eigenvalue weighted by molar-refractivity contribution is 0.515. The zero-order valence-electron chi connectivity index (χ0n) is 41.9. The van der Waals surface area contributed by atoms with E-state index in [1.54, 1.807) is 0 Å². The van der Waals surface area contributed by atoms with Crippen LogP contribution in [0.2, 0.25) is 0 Å². The molecular formula is C58H70N6. The molecule has 0 saturated heterocycles. The molecule has 6 heteroatoms. The van der Waals surface area contributed by atoms with Crippen molar-refractivity contribution in [2.75, 3.05) is 33.7 Å². The largest absolute Gasteiger partial charge is 0.352 e. The highest BCUT2D eigenvalue weighted by Crippen LogP contribution is 2.43. The van der Waals surface area contributed by atoms with Gasteiger partial charge in [0.2, 0.25) is 0 Å². The van der Waals surface area contributed by atoms with Gasteiger partial charge in [0.15, 0.2) is 0 Å². The third kappa shape index (κ3) is 8.51. The number of allylic oxidation sites excluding steroid dienone is 10.